The first-order valence-electron chi connectivity index (χ1n) is 8.77. The SMILES string of the molecule is CC(=O)Nc1onc(C)c1-c1ccc(C)c(S(=O)(=O)NCc2ccccc2Cl)c1. The normalized spacial score (nSPS) is 11.4. The van der Waals surface area contributed by atoms with Crippen LogP contribution in [0.3, 0.4) is 0 Å². The number of amides is 1. The summed E-state index contributed by atoms with van der Waals surface area (Å²) in [6.07, 6.45) is 0. The van der Waals surface area contributed by atoms with E-state index in [1.807, 2.05) is 0 Å². The molecule has 9 heteroatoms. The van der Waals surface area contributed by atoms with Gasteiger partial charge in [-0.25, -0.2) is 13.1 Å². The zero-order chi connectivity index (χ0) is 21.2. The fourth-order valence-corrected chi connectivity index (χ4v) is 4.37. The lowest BCUT2D eigenvalue weighted by molar-refractivity contribution is -0.114. The van der Waals surface area contributed by atoms with E-state index in [0.717, 1.165) is 0 Å². The van der Waals surface area contributed by atoms with Crippen LogP contribution in [-0.4, -0.2) is 19.5 Å². The van der Waals surface area contributed by atoms with E-state index in [4.69, 9.17) is 16.1 Å². The molecule has 0 spiro atoms. The molecule has 152 valence electrons. The Morgan fingerprint density at radius 2 is 1.90 bits per heavy atom. The third-order valence-electron chi connectivity index (χ3n) is 4.33. The van der Waals surface area contributed by atoms with Crippen molar-refractivity contribution in [3.63, 3.8) is 0 Å². The van der Waals surface area contributed by atoms with E-state index in [2.05, 4.69) is 15.2 Å². The molecule has 0 saturated heterocycles. The van der Waals surface area contributed by atoms with Crippen molar-refractivity contribution in [2.24, 2.45) is 0 Å². The van der Waals surface area contributed by atoms with E-state index >= 15 is 0 Å². The number of nitrogens with zero attached hydrogens (tertiary/aromatic N) is 1. The first-order chi connectivity index (χ1) is 13.7. The Balaban J connectivity index is 1.96. The summed E-state index contributed by atoms with van der Waals surface area (Å²) in [6.45, 7) is 4.84. The Morgan fingerprint density at radius 1 is 1.17 bits per heavy atom. The van der Waals surface area contributed by atoms with Gasteiger partial charge in [-0.3, -0.25) is 10.1 Å². The second-order valence-electron chi connectivity index (χ2n) is 6.55. The van der Waals surface area contributed by atoms with E-state index < -0.39 is 10.0 Å². The van der Waals surface area contributed by atoms with Crippen LogP contribution in [0.15, 0.2) is 51.9 Å². The summed E-state index contributed by atoms with van der Waals surface area (Å²) < 4.78 is 33.6. The van der Waals surface area contributed by atoms with Crippen molar-refractivity contribution in [3.8, 4) is 11.1 Å². The topological polar surface area (TPSA) is 101 Å². The molecule has 0 radical (unpaired) electrons. The van der Waals surface area contributed by atoms with Gasteiger partial charge in [0, 0.05) is 18.5 Å². The molecule has 1 amide bonds. The van der Waals surface area contributed by atoms with Crippen LogP contribution in [0.4, 0.5) is 5.88 Å². The molecule has 1 heterocycles. The molecule has 3 aromatic rings. The fourth-order valence-electron chi connectivity index (χ4n) is 2.89. The zero-order valence-electron chi connectivity index (χ0n) is 16.1. The van der Waals surface area contributed by atoms with Gasteiger partial charge in [-0.15, -0.1) is 0 Å². The molecule has 0 bridgehead atoms. The third kappa shape index (κ3) is 4.67. The average molecular weight is 434 g/mol. The Labute approximate surface area is 174 Å². The van der Waals surface area contributed by atoms with Crippen molar-refractivity contribution < 1.29 is 17.7 Å². The van der Waals surface area contributed by atoms with E-state index in [0.29, 0.717) is 33.0 Å². The van der Waals surface area contributed by atoms with Crippen LogP contribution in [0.2, 0.25) is 5.02 Å². The quantitative estimate of drug-likeness (QED) is 0.610. The number of halogens is 1. The van der Waals surface area contributed by atoms with Gasteiger partial charge < -0.3 is 4.52 Å². The van der Waals surface area contributed by atoms with Gasteiger partial charge in [-0.1, -0.05) is 47.1 Å². The van der Waals surface area contributed by atoms with Crippen molar-refractivity contribution in [3.05, 3.63) is 64.3 Å². The molecule has 29 heavy (non-hydrogen) atoms. The summed E-state index contributed by atoms with van der Waals surface area (Å²) in [4.78, 5) is 11.5. The van der Waals surface area contributed by atoms with Gasteiger partial charge in [0.1, 0.15) is 0 Å². The lowest BCUT2D eigenvalue weighted by atomic mass is 10.0. The number of sulfonamides is 1. The molecule has 0 unspecified atom stereocenters. The molecule has 1 aromatic heterocycles. The molecule has 0 aliphatic heterocycles. The highest BCUT2D eigenvalue weighted by atomic mass is 35.5. The predicted octanol–water partition coefficient (Wildman–Crippen LogP) is 4.05. The van der Waals surface area contributed by atoms with Crippen molar-refractivity contribution in [2.45, 2.75) is 32.2 Å². The summed E-state index contributed by atoms with van der Waals surface area (Å²) in [5, 5.41) is 6.93. The first kappa shape index (κ1) is 21.0. The van der Waals surface area contributed by atoms with E-state index in [9.17, 15) is 13.2 Å². The smallest absolute Gasteiger partial charge is 0.241 e. The van der Waals surface area contributed by atoms with Gasteiger partial charge in [-0.05, 0) is 42.7 Å². The number of anilines is 1. The van der Waals surface area contributed by atoms with Crippen LogP contribution in [0.25, 0.3) is 11.1 Å². The van der Waals surface area contributed by atoms with Crippen LogP contribution in [0.1, 0.15) is 23.7 Å². The molecule has 2 aromatic carbocycles. The van der Waals surface area contributed by atoms with Gasteiger partial charge in [0.15, 0.2) is 0 Å². The molecule has 0 aliphatic carbocycles. The predicted molar refractivity (Wildman–Crippen MR) is 111 cm³/mol. The summed E-state index contributed by atoms with van der Waals surface area (Å²) in [7, 11) is -3.82. The minimum atomic E-state index is -3.82. The van der Waals surface area contributed by atoms with Crippen LogP contribution in [0.5, 0.6) is 0 Å². The molecular weight excluding hydrogens is 414 g/mol. The number of carbonyl (C=O) groups excluding carboxylic acids is 1. The number of rotatable bonds is 6. The van der Waals surface area contributed by atoms with Crippen molar-refractivity contribution in [1.82, 2.24) is 9.88 Å². The molecule has 3 rings (SSSR count). The zero-order valence-corrected chi connectivity index (χ0v) is 17.7. The molecule has 0 atom stereocenters. The van der Waals surface area contributed by atoms with Crippen molar-refractivity contribution in [2.75, 3.05) is 5.32 Å². The Hall–Kier alpha value is -2.68. The highest BCUT2D eigenvalue weighted by Crippen LogP contribution is 2.33. The number of benzene rings is 2. The van der Waals surface area contributed by atoms with Crippen molar-refractivity contribution >= 4 is 33.4 Å². The summed E-state index contributed by atoms with van der Waals surface area (Å²) >= 11 is 6.11. The Kier molecular flexibility index (Phi) is 6.07. The van der Waals surface area contributed by atoms with Crippen LogP contribution < -0.4 is 10.0 Å². The maximum atomic E-state index is 12.9. The second-order valence-corrected chi connectivity index (χ2v) is 8.69. The van der Waals surface area contributed by atoms with Gasteiger partial charge in [0.05, 0.1) is 16.2 Å². The number of nitrogens with one attached hydrogen (secondary N) is 2. The second kappa shape index (κ2) is 8.36. The third-order valence-corrected chi connectivity index (χ3v) is 6.24. The first-order valence-corrected chi connectivity index (χ1v) is 10.6. The Bertz CT molecular complexity index is 1170. The van der Waals surface area contributed by atoms with Crippen LogP contribution >= 0.6 is 11.6 Å². The molecular formula is C20H20ClN3O4S. The number of aryl methyl sites for hydroxylation is 2. The standard InChI is InChI=1S/C20H20ClN3O4S/c1-12-8-9-15(19-13(2)24-28-20(19)23-14(3)25)10-18(12)29(26,27)22-11-16-6-4-5-7-17(16)21/h4-10,22H,11H2,1-3H3,(H,23,25). The average Bonchev–Trinajstić information content (AvgIpc) is 3.01. The monoisotopic (exact) mass is 433 g/mol. The molecule has 7 nitrogen and oxygen atoms in total. The molecule has 0 aliphatic rings. The van der Waals surface area contributed by atoms with E-state index in [1.54, 1.807) is 50.2 Å². The largest absolute Gasteiger partial charge is 0.337 e. The van der Waals surface area contributed by atoms with Gasteiger partial charge in [0.25, 0.3) is 0 Å². The highest BCUT2D eigenvalue weighted by molar-refractivity contribution is 7.89. The lowest BCUT2D eigenvalue weighted by Gasteiger charge is -2.12. The maximum absolute atomic E-state index is 12.9. The van der Waals surface area contributed by atoms with Gasteiger partial charge >= 0.3 is 0 Å². The van der Waals surface area contributed by atoms with Gasteiger partial charge in [-0.2, -0.15) is 0 Å². The highest BCUT2D eigenvalue weighted by Gasteiger charge is 2.21. The minimum Gasteiger partial charge on any atom is -0.337 e. The number of hydrogen-bond acceptors (Lipinski definition) is 5. The number of hydrogen-bond donors (Lipinski definition) is 2. The summed E-state index contributed by atoms with van der Waals surface area (Å²) in [5.41, 5.74) is 2.88. The minimum absolute atomic E-state index is 0.0646. The fraction of sp³-hybridized carbons (Fsp3) is 0.200. The van der Waals surface area contributed by atoms with E-state index in [-0.39, 0.29) is 23.2 Å². The summed E-state index contributed by atoms with van der Waals surface area (Å²) in [5.74, 6) is -0.144. The van der Waals surface area contributed by atoms with E-state index in [1.165, 1.54) is 13.0 Å². The molecule has 0 fully saturated rings. The molecule has 2 N–H and O–H groups in total. The van der Waals surface area contributed by atoms with Crippen molar-refractivity contribution in [1.29, 1.82) is 0 Å². The van der Waals surface area contributed by atoms with Crippen LogP contribution in [0, 0.1) is 13.8 Å². The maximum Gasteiger partial charge on any atom is 0.241 e. The Morgan fingerprint density at radius 3 is 2.59 bits per heavy atom. The van der Waals surface area contributed by atoms with Gasteiger partial charge in [0.2, 0.25) is 21.8 Å². The van der Waals surface area contributed by atoms with Crippen LogP contribution in [-0.2, 0) is 21.4 Å². The summed E-state index contributed by atoms with van der Waals surface area (Å²) in [6, 6.07) is 12.0. The number of carbonyl (C=O) groups is 1. The number of aromatic nitrogens is 1. The lowest BCUT2D eigenvalue weighted by Crippen LogP contribution is -2.24. The molecule has 0 saturated carbocycles.